The molecule has 0 heterocycles. The van der Waals surface area contributed by atoms with Crippen LogP contribution >= 0.6 is 0 Å². The highest BCUT2D eigenvalue weighted by molar-refractivity contribution is 4.44. The van der Waals surface area contributed by atoms with Crippen LogP contribution in [0.1, 0.15) is 12.8 Å². The molecule has 0 amide bonds. The first-order valence-electron chi connectivity index (χ1n) is 3.58. The zero-order valence-corrected chi connectivity index (χ0v) is 6.52. The van der Waals surface area contributed by atoms with Crippen LogP contribution in [0, 0.1) is 0 Å². The molecular weight excluding hydrogens is 175 g/mol. The third kappa shape index (κ3) is 9.67. The lowest BCUT2D eigenvalue weighted by atomic mass is 10.3. The van der Waals surface area contributed by atoms with Gasteiger partial charge in [-0.05, 0) is 12.8 Å². The van der Waals surface area contributed by atoms with Crippen molar-refractivity contribution in [1.82, 2.24) is 5.48 Å². The van der Waals surface area contributed by atoms with Crippen LogP contribution in [0.25, 0.3) is 0 Å². The normalized spacial score (nSPS) is 12.0. The average Bonchev–Trinajstić information content (AvgIpc) is 1.94. The molecule has 6 heteroatoms. The summed E-state index contributed by atoms with van der Waals surface area (Å²) in [5.41, 5.74) is 2.15. The topological polar surface area (TPSA) is 41.5 Å². The van der Waals surface area contributed by atoms with E-state index in [0.29, 0.717) is 19.4 Å². The summed E-state index contributed by atoms with van der Waals surface area (Å²) in [6, 6.07) is 0. The van der Waals surface area contributed by atoms with Gasteiger partial charge >= 0.3 is 6.18 Å². The Balaban J connectivity index is 3.01. The van der Waals surface area contributed by atoms with Crippen LogP contribution in [0.3, 0.4) is 0 Å². The fraction of sp³-hybridized carbons (Fsp3) is 1.00. The molecule has 3 nitrogen and oxygen atoms in total. The first kappa shape index (κ1) is 11.7. The number of aliphatic hydroxyl groups excluding tert-OH is 1. The van der Waals surface area contributed by atoms with Gasteiger partial charge in [-0.3, -0.25) is 4.84 Å². The third-order valence-electron chi connectivity index (χ3n) is 1.02. The molecule has 2 N–H and O–H groups in total. The number of hydrogen-bond donors (Lipinski definition) is 2. The second kappa shape index (κ2) is 6.22. The Labute approximate surface area is 68.5 Å². The van der Waals surface area contributed by atoms with Crippen molar-refractivity contribution in [3.8, 4) is 0 Å². The average molecular weight is 187 g/mol. The van der Waals surface area contributed by atoms with Gasteiger partial charge in [-0.2, -0.15) is 13.2 Å². The van der Waals surface area contributed by atoms with E-state index in [2.05, 4.69) is 10.3 Å². The van der Waals surface area contributed by atoms with E-state index in [1.807, 2.05) is 0 Å². The lowest BCUT2D eigenvalue weighted by Gasteiger charge is -2.07. The maximum Gasteiger partial charge on any atom is 0.413 e. The molecule has 0 aliphatic carbocycles. The molecule has 0 aromatic carbocycles. The summed E-state index contributed by atoms with van der Waals surface area (Å²) in [7, 11) is 0. The van der Waals surface area contributed by atoms with Crippen molar-refractivity contribution in [1.29, 1.82) is 0 Å². The summed E-state index contributed by atoms with van der Waals surface area (Å²) in [4.78, 5) is 4.09. The Morgan fingerprint density at radius 2 is 1.92 bits per heavy atom. The van der Waals surface area contributed by atoms with Crippen LogP contribution in [-0.2, 0) is 4.84 Å². The Morgan fingerprint density at radius 3 is 2.42 bits per heavy atom. The van der Waals surface area contributed by atoms with Crippen molar-refractivity contribution >= 4 is 0 Å². The standard InChI is InChI=1S/C6H12F3NO2/c7-6(8,9)5-12-10-3-1-2-4-11/h10-11H,1-5H2. The minimum Gasteiger partial charge on any atom is -0.396 e. The van der Waals surface area contributed by atoms with Crippen LogP contribution in [0.5, 0.6) is 0 Å². The second-order valence-corrected chi connectivity index (χ2v) is 2.23. The number of alkyl halides is 3. The van der Waals surface area contributed by atoms with Gasteiger partial charge in [0.05, 0.1) is 0 Å². The molecule has 0 bridgehead atoms. The molecule has 0 fully saturated rings. The maximum absolute atomic E-state index is 11.4. The maximum atomic E-state index is 11.4. The number of rotatable bonds is 6. The van der Waals surface area contributed by atoms with Gasteiger partial charge in [0.15, 0.2) is 6.61 Å². The SMILES string of the molecule is OCCCCNOCC(F)(F)F. The molecule has 0 rings (SSSR count). The predicted octanol–water partition coefficient (Wildman–Crippen LogP) is 0.842. The number of unbranched alkanes of at least 4 members (excludes halogenated alkanes) is 1. The second-order valence-electron chi connectivity index (χ2n) is 2.23. The molecule has 0 aliphatic heterocycles. The molecule has 0 unspecified atom stereocenters. The summed E-state index contributed by atoms with van der Waals surface area (Å²) in [6.07, 6.45) is -3.14. The smallest absolute Gasteiger partial charge is 0.396 e. The first-order chi connectivity index (χ1) is 5.56. The highest BCUT2D eigenvalue weighted by Crippen LogP contribution is 2.13. The fourth-order valence-electron chi connectivity index (χ4n) is 0.514. The summed E-state index contributed by atoms with van der Waals surface area (Å²) >= 11 is 0. The quantitative estimate of drug-likeness (QED) is 0.478. The van der Waals surface area contributed by atoms with E-state index < -0.39 is 12.8 Å². The van der Waals surface area contributed by atoms with Gasteiger partial charge in [0.1, 0.15) is 0 Å². The van der Waals surface area contributed by atoms with Gasteiger partial charge in [-0.1, -0.05) is 0 Å². The molecule has 0 saturated heterocycles. The van der Waals surface area contributed by atoms with Gasteiger partial charge < -0.3 is 5.11 Å². The number of aliphatic hydroxyl groups is 1. The third-order valence-corrected chi connectivity index (χ3v) is 1.02. The minimum atomic E-state index is -4.29. The zero-order chi connectivity index (χ0) is 9.45. The van der Waals surface area contributed by atoms with Crippen molar-refractivity contribution < 1.29 is 23.1 Å². The van der Waals surface area contributed by atoms with Gasteiger partial charge in [0, 0.05) is 13.2 Å². The molecule has 0 aromatic heterocycles. The Hall–Kier alpha value is -0.330. The molecule has 0 aliphatic rings. The van der Waals surface area contributed by atoms with E-state index in [-0.39, 0.29) is 6.61 Å². The van der Waals surface area contributed by atoms with E-state index >= 15 is 0 Å². The minimum absolute atomic E-state index is 0.0426. The molecule has 0 spiro atoms. The van der Waals surface area contributed by atoms with Crippen molar-refractivity contribution in [2.75, 3.05) is 19.8 Å². The number of hydrogen-bond acceptors (Lipinski definition) is 3. The molecule has 0 saturated carbocycles. The Kier molecular flexibility index (Phi) is 6.04. The van der Waals surface area contributed by atoms with Crippen LogP contribution < -0.4 is 5.48 Å². The first-order valence-corrected chi connectivity index (χ1v) is 3.58. The van der Waals surface area contributed by atoms with E-state index in [1.54, 1.807) is 0 Å². The number of hydroxylamine groups is 1. The summed E-state index contributed by atoms with van der Waals surface area (Å²) in [5.74, 6) is 0. The highest BCUT2D eigenvalue weighted by atomic mass is 19.4. The van der Waals surface area contributed by atoms with E-state index in [0.717, 1.165) is 0 Å². The zero-order valence-electron chi connectivity index (χ0n) is 6.52. The Morgan fingerprint density at radius 1 is 1.25 bits per heavy atom. The monoisotopic (exact) mass is 187 g/mol. The van der Waals surface area contributed by atoms with Gasteiger partial charge in [-0.25, -0.2) is 5.48 Å². The van der Waals surface area contributed by atoms with Crippen molar-refractivity contribution in [2.24, 2.45) is 0 Å². The van der Waals surface area contributed by atoms with Crippen LogP contribution in [0.4, 0.5) is 13.2 Å². The van der Waals surface area contributed by atoms with Crippen molar-refractivity contribution in [3.05, 3.63) is 0 Å². The van der Waals surface area contributed by atoms with Gasteiger partial charge in [-0.15, -0.1) is 0 Å². The summed E-state index contributed by atoms with van der Waals surface area (Å²) < 4.78 is 34.3. The summed E-state index contributed by atoms with van der Waals surface area (Å²) in [6.45, 7) is -0.927. The lowest BCUT2D eigenvalue weighted by Crippen LogP contribution is -2.25. The molecule has 0 atom stereocenters. The molecule has 0 radical (unpaired) electrons. The van der Waals surface area contributed by atoms with Gasteiger partial charge in [0.25, 0.3) is 0 Å². The lowest BCUT2D eigenvalue weighted by molar-refractivity contribution is -0.189. The summed E-state index contributed by atoms with van der Waals surface area (Å²) in [5, 5.41) is 8.30. The number of nitrogens with one attached hydrogen (secondary N) is 1. The van der Waals surface area contributed by atoms with Crippen LogP contribution in [0.15, 0.2) is 0 Å². The van der Waals surface area contributed by atoms with Crippen molar-refractivity contribution in [2.45, 2.75) is 19.0 Å². The molecule has 74 valence electrons. The van der Waals surface area contributed by atoms with Crippen LogP contribution in [0.2, 0.25) is 0 Å². The van der Waals surface area contributed by atoms with E-state index in [4.69, 9.17) is 5.11 Å². The van der Waals surface area contributed by atoms with Crippen LogP contribution in [-0.4, -0.2) is 31.0 Å². The largest absolute Gasteiger partial charge is 0.413 e. The Bertz CT molecular complexity index is 107. The fourth-order valence-corrected chi connectivity index (χ4v) is 0.514. The van der Waals surface area contributed by atoms with Crippen molar-refractivity contribution in [3.63, 3.8) is 0 Å². The highest BCUT2D eigenvalue weighted by Gasteiger charge is 2.27. The molecule has 12 heavy (non-hydrogen) atoms. The van der Waals surface area contributed by atoms with Gasteiger partial charge in [0.2, 0.25) is 0 Å². The molecule has 0 aromatic rings. The molecular formula is C6H12F3NO2. The van der Waals surface area contributed by atoms with E-state index in [1.165, 1.54) is 0 Å². The predicted molar refractivity (Wildman–Crippen MR) is 36.3 cm³/mol. The number of halogens is 3. The van der Waals surface area contributed by atoms with E-state index in [9.17, 15) is 13.2 Å².